The molecule has 96 valence electrons. The SMILES string of the molecule is Cc1c(C(N)C2CCCC2)oc2ccc(F)cc12. The maximum Gasteiger partial charge on any atom is 0.134 e. The predicted octanol–water partition coefficient (Wildman–Crippen LogP) is 4.07. The lowest BCUT2D eigenvalue weighted by Gasteiger charge is -2.17. The Hall–Kier alpha value is -1.35. The second kappa shape index (κ2) is 4.39. The zero-order valence-electron chi connectivity index (χ0n) is 10.6. The highest BCUT2D eigenvalue weighted by atomic mass is 19.1. The summed E-state index contributed by atoms with van der Waals surface area (Å²) in [5.74, 6) is 1.11. The largest absolute Gasteiger partial charge is 0.459 e. The van der Waals surface area contributed by atoms with Crippen LogP contribution >= 0.6 is 0 Å². The van der Waals surface area contributed by atoms with Crippen LogP contribution in [0.25, 0.3) is 11.0 Å². The molecular formula is C15H18FNO. The maximum atomic E-state index is 13.3. The number of hydrogen-bond acceptors (Lipinski definition) is 2. The Labute approximate surface area is 106 Å². The summed E-state index contributed by atoms with van der Waals surface area (Å²) >= 11 is 0. The topological polar surface area (TPSA) is 39.2 Å². The highest BCUT2D eigenvalue weighted by Crippen LogP contribution is 2.38. The summed E-state index contributed by atoms with van der Waals surface area (Å²) in [6.07, 6.45) is 4.86. The molecule has 1 aliphatic carbocycles. The van der Waals surface area contributed by atoms with E-state index in [4.69, 9.17) is 10.2 Å². The molecule has 1 atom stereocenters. The van der Waals surface area contributed by atoms with Gasteiger partial charge in [-0.25, -0.2) is 4.39 Å². The molecule has 3 heteroatoms. The van der Waals surface area contributed by atoms with Crippen molar-refractivity contribution in [2.45, 2.75) is 38.6 Å². The van der Waals surface area contributed by atoms with Crippen molar-refractivity contribution in [2.24, 2.45) is 11.7 Å². The Balaban J connectivity index is 2.03. The van der Waals surface area contributed by atoms with Crippen molar-refractivity contribution in [2.75, 3.05) is 0 Å². The average molecular weight is 247 g/mol. The first-order valence-electron chi connectivity index (χ1n) is 6.61. The van der Waals surface area contributed by atoms with E-state index in [-0.39, 0.29) is 11.9 Å². The Morgan fingerprint density at radius 2 is 2.06 bits per heavy atom. The summed E-state index contributed by atoms with van der Waals surface area (Å²) in [7, 11) is 0. The van der Waals surface area contributed by atoms with Gasteiger partial charge in [-0.1, -0.05) is 12.8 Å². The Morgan fingerprint density at radius 1 is 1.33 bits per heavy atom. The molecule has 2 nitrogen and oxygen atoms in total. The molecule has 0 spiro atoms. The number of furan rings is 1. The van der Waals surface area contributed by atoms with Crippen LogP contribution in [0.3, 0.4) is 0 Å². The van der Waals surface area contributed by atoms with E-state index in [1.165, 1.54) is 37.8 Å². The molecular weight excluding hydrogens is 229 g/mol. The number of benzene rings is 1. The van der Waals surface area contributed by atoms with Crippen LogP contribution in [0.4, 0.5) is 4.39 Å². The van der Waals surface area contributed by atoms with E-state index in [1.807, 2.05) is 6.92 Å². The van der Waals surface area contributed by atoms with Crippen molar-refractivity contribution >= 4 is 11.0 Å². The van der Waals surface area contributed by atoms with Crippen LogP contribution in [0.15, 0.2) is 22.6 Å². The van der Waals surface area contributed by atoms with Crippen molar-refractivity contribution in [1.29, 1.82) is 0 Å². The quantitative estimate of drug-likeness (QED) is 0.868. The van der Waals surface area contributed by atoms with Gasteiger partial charge in [0.05, 0.1) is 6.04 Å². The van der Waals surface area contributed by atoms with Gasteiger partial charge >= 0.3 is 0 Å². The van der Waals surface area contributed by atoms with E-state index in [2.05, 4.69) is 0 Å². The summed E-state index contributed by atoms with van der Waals surface area (Å²) in [5, 5.41) is 0.846. The molecule has 1 saturated carbocycles. The molecule has 3 rings (SSSR count). The maximum absolute atomic E-state index is 13.3. The van der Waals surface area contributed by atoms with Crippen LogP contribution in [0.5, 0.6) is 0 Å². The van der Waals surface area contributed by atoms with E-state index in [0.717, 1.165) is 22.3 Å². The second-order valence-corrected chi connectivity index (χ2v) is 5.30. The lowest BCUT2D eigenvalue weighted by molar-refractivity contribution is 0.378. The zero-order chi connectivity index (χ0) is 12.7. The number of aryl methyl sites for hydroxylation is 1. The standard InChI is InChI=1S/C15H18FNO/c1-9-12-8-11(16)6-7-13(12)18-15(9)14(17)10-4-2-3-5-10/h6-8,10,14H,2-5,17H2,1H3. The van der Waals surface area contributed by atoms with E-state index in [1.54, 1.807) is 6.07 Å². The molecule has 0 saturated heterocycles. The molecule has 1 fully saturated rings. The van der Waals surface area contributed by atoms with Gasteiger partial charge in [-0.2, -0.15) is 0 Å². The molecule has 1 aromatic carbocycles. The van der Waals surface area contributed by atoms with Crippen molar-refractivity contribution in [3.8, 4) is 0 Å². The van der Waals surface area contributed by atoms with E-state index in [0.29, 0.717) is 5.92 Å². The minimum Gasteiger partial charge on any atom is -0.459 e. The molecule has 0 amide bonds. The highest BCUT2D eigenvalue weighted by Gasteiger charge is 2.27. The van der Waals surface area contributed by atoms with Crippen LogP contribution in [0.1, 0.15) is 43.0 Å². The fraction of sp³-hybridized carbons (Fsp3) is 0.467. The van der Waals surface area contributed by atoms with Gasteiger partial charge in [0.1, 0.15) is 17.2 Å². The molecule has 18 heavy (non-hydrogen) atoms. The lowest BCUT2D eigenvalue weighted by Crippen LogP contribution is -2.19. The van der Waals surface area contributed by atoms with Gasteiger partial charge in [0.25, 0.3) is 0 Å². The van der Waals surface area contributed by atoms with Gasteiger partial charge in [-0.15, -0.1) is 0 Å². The van der Waals surface area contributed by atoms with Gasteiger partial charge in [0, 0.05) is 10.9 Å². The summed E-state index contributed by atoms with van der Waals surface area (Å²) in [4.78, 5) is 0. The first-order valence-corrected chi connectivity index (χ1v) is 6.61. The monoisotopic (exact) mass is 247 g/mol. The van der Waals surface area contributed by atoms with Crippen molar-refractivity contribution in [3.05, 3.63) is 35.3 Å². The number of rotatable bonds is 2. The molecule has 1 unspecified atom stereocenters. The Bertz CT molecular complexity index is 569. The van der Waals surface area contributed by atoms with Crippen molar-refractivity contribution < 1.29 is 8.81 Å². The summed E-state index contributed by atoms with van der Waals surface area (Å²) in [6.45, 7) is 1.97. The Kier molecular flexibility index (Phi) is 2.86. The van der Waals surface area contributed by atoms with Crippen LogP contribution in [0, 0.1) is 18.7 Å². The Morgan fingerprint density at radius 3 is 2.78 bits per heavy atom. The number of nitrogens with two attached hydrogens (primary N) is 1. The second-order valence-electron chi connectivity index (χ2n) is 5.30. The molecule has 0 aliphatic heterocycles. The zero-order valence-corrected chi connectivity index (χ0v) is 10.6. The van der Waals surface area contributed by atoms with Crippen molar-refractivity contribution in [3.63, 3.8) is 0 Å². The first-order chi connectivity index (χ1) is 8.66. The highest BCUT2D eigenvalue weighted by molar-refractivity contribution is 5.82. The third-order valence-electron chi connectivity index (χ3n) is 4.15. The summed E-state index contributed by atoms with van der Waals surface area (Å²) < 4.78 is 19.1. The van der Waals surface area contributed by atoms with Crippen LogP contribution in [-0.4, -0.2) is 0 Å². The van der Waals surface area contributed by atoms with Gasteiger partial charge in [-0.3, -0.25) is 0 Å². The molecule has 0 radical (unpaired) electrons. The molecule has 0 bridgehead atoms. The average Bonchev–Trinajstić information content (AvgIpc) is 2.98. The number of hydrogen-bond donors (Lipinski definition) is 1. The number of halogens is 1. The van der Waals surface area contributed by atoms with Gasteiger partial charge in [-0.05, 0) is 43.9 Å². The normalized spacial score (nSPS) is 18.6. The molecule has 1 heterocycles. The first kappa shape index (κ1) is 11.7. The van der Waals surface area contributed by atoms with Crippen LogP contribution in [0.2, 0.25) is 0 Å². The lowest BCUT2D eigenvalue weighted by atomic mass is 9.94. The number of fused-ring (bicyclic) bond motifs is 1. The van der Waals surface area contributed by atoms with Crippen LogP contribution in [-0.2, 0) is 0 Å². The molecule has 2 aromatic rings. The van der Waals surface area contributed by atoms with Gasteiger partial charge < -0.3 is 10.2 Å². The van der Waals surface area contributed by atoms with Crippen molar-refractivity contribution in [1.82, 2.24) is 0 Å². The van der Waals surface area contributed by atoms with Gasteiger partial charge in [0.15, 0.2) is 0 Å². The smallest absolute Gasteiger partial charge is 0.134 e. The summed E-state index contributed by atoms with van der Waals surface area (Å²) in [6, 6.07) is 4.58. The van der Waals surface area contributed by atoms with E-state index < -0.39 is 0 Å². The van der Waals surface area contributed by atoms with Crippen LogP contribution < -0.4 is 5.73 Å². The minimum atomic E-state index is -0.229. The predicted molar refractivity (Wildman–Crippen MR) is 69.8 cm³/mol. The molecule has 1 aliphatic rings. The molecule has 2 N–H and O–H groups in total. The molecule has 1 aromatic heterocycles. The van der Waals surface area contributed by atoms with E-state index in [9.17, 15) is 4.39 Å². The van der Waals surface area contributed by atoms with Gasteiger partial charge in [0.2, 0.25) is 0 Å². The van der Waals surface area contributed by atoms with E-state index >= 15 is 0 Å². The summed E-state index contributed by atoms with van der Waals surface area (Å²) in [5.41, 5.74) is 8.04. The third-order valence-corrected chi connectivity index (χ3v) is 4.15. The third kappa shape index (κ3) is 1.83. The minimum absolute atomic E-state index is 0.0528. The fourth-order valence-corrected chi connectivity index (χ4v) is 3.06. The fourth-order valence-electron chi connectivity index (χ4n) is 3.06.